The monoisotopic (exact) mass is 780 g/mol. The number of rotatable bonds is 24. The van der Waals surface area contributed by atoms with E-state index in [9.17, 15) is 19.8 Å². The highest BCUT2D eigenvalue weighted by molar-refractivity contribution is 5.87. The number of aliphatic hydroxyl groups excluding tert-OH is 2. The molecule has 0 aromatic heterocycles. The van der Waals surface area contributed by atoms with Gasteiger partial charge in [0, 0.05) is 30.3 Å². The van der Waals surface area contributed by atoms with Crippen LogP contribution in [0.2, 0.25) is 0 Å². The maximum absolute atomic E-state index is 12.1. The van der Waals surface area contributed by atoms with Gasteiger partial charge < -0.3 is 24.4 Å². The quantitative estimate of drug-likeness (QED) is 0.0530. The van der Waals surface area contributed by atoms with Crippen molar-refractivity contribution in [3.63, 3.8) is 0 Å². The third-order valence-corrected chi connectivity index (χ3v) is 11.5. The van der Waals surface area contributed by atoms with Crippen LogP contribution in [0.5, 0.6) is 5.75 Å². The normalized spacial score (nSPS) is 15.4. The minimum absolute atomic E-state index is 0.124. The molecule has 0 atom stereocenters. The number of benzene rings is 3. The Morgan fingerprint density at radius 2 is 1.26 bits per heavy atom. The van der Waals surface area contributed by atoms with Crippen molar-refractivity contribution in [3.8, 4) is 28.0 Å². The number of ether oxygens (including phenoxy) is 3. The Labute approximate surface area is 342 Å². The first kappa shape index (κ1) is 45.5. The summed E-state index contributed by atoms with van der Waals surface area (Å²) in [5, 5.41) is 19.4. The maximum Gasteiger partial charge on any atom is 0.333 e. The Balaban J connectivity index is 1.61. The van der Waals surface area contributed by atoms with Crippen LogP contribution in [0.1, 0.15) is 126 Å². The van der Waals surface area contributed by atoms with E-state index in [0.717, 1.165) is 40.3 Å². The van der Waals surface area contributed by atoms with E-state index in [-0.39, 0.29) is 32.3 Å². The summed E-state index contributed by atoms with van der Waals surface area (Å²) < 4.78 is 17.3. The SMILES string of the molecule is C=C(C)C(=O)OCCCc1cc(-c2ccc(-c3ccc(C4CCC(CCCCC)CC4)cc3)c(CC)c2)cc(CCCOC(=O)C(=C)C)c1OCCC(CO)CO. The fourth-order valence-electron chi connectivity index (χ4n) is 7.90. The van der Waals surface area contributed by atoms with E-state index in [2.05, 4.69) is 81.6 Å². The van der Waals surface area contributed by atoms with Crippen molar-refractivity contribution in [2.24, 2.45) is 11.8 Å². The first-order valence-electron chi connectivity index (χ1n) is 21.5. The number of esters is 2. The molecule has 0 unspecified atom stereocenters. The molecule has 7 nitrogen and oxygen atoms in total. The highest BCUT2D eigenvalue weighted by atomic mass is 16.5. The second kappa shape index (κ2) is 23.9. The number of hydrogen-bond acceptors (Lipinski definition) is 7. The third kappa shape index (κ3) is 14.0. The fraction of sp³-hybridized carbons (Fsp3) is 0.520. The van der Waals surface area contributed by atoms with Gasteiger partial charge in [0.05, 0.1) is 19.8 Å². The smallest absolute Gasteiger partial charge is 0.333 e. The Bertz CT molecular complexity index is 1690. The molecular formula is C50H68O7. The molecule has 1 aliphatic rings. The molecule has 310 valence electrons. The summed E-state index contributed by atoms with van der Waals surface area (Å²) in [5.41, 5.74) is 10.0. The molecule has 0 radical (unpaired) electrons. The van der Waals surface area contributed by atoms with Crippen LogP contribution in [0.15, 0.2) is 78.9 Å². The summed E-state index contributed by atoms with van der Waals surface area (Å²) in [4.78, 5) is 24.2. The predicted octanol–water partition coefficient (Wildman–Crippen LogP) is 10.9. The lowest BCUT2D eigenvalue weighted by Crippen LogP contribution is -2.16. The molecule has 2 N–H and O–H groups in total. The highest BCUT2D eigenvalue weighted by Crippen LogP contribution is 2.39. The predicted molar refractivity (Wildman–Crippen MR) is 231 cm³/mol. The van der Waals surface area contributed by atoms with Crippen molar-refractivity contribution in [1.29, 1.82) is 0 Å². The molecule has 1 saturated carbocycles. The van der Waals surface area contributed by atoms with Crippen LogP contribution in [0, 0.1) is 11.8 Å². The van der Waals surface area contributed by atoms with Crippen LogP contribution in [-0.4, -0.2) is 55.2 Å². The van der Waals surface area contributed by atoms with Crippen molar-refractivity contribution in [2.75, 3.05) is 33.0 Å². The van der Waals surface area contributed by atoms with E-state index < -0.39 is 11.9 Å². The zero-order chi connectivity index (χ0) is 41.2. The van der Waals surface area contributed by atoms with E-state index in [1.165, 1.54) is 73.6 Å². The maximum atomic E-state index is 12.1. The van der Waals surface area contributed by atoms with Gasteiger partial charge in [-0.3, -0.25) is 0 Å². The second-order valence-electron chi connectivity index (χ2n) is 16.1. The molecular weight excluding hydrogens is 713 g/mol. The number of aliphatic hydroxyl groups is 2. The molecule has 3 aromatic carbocycles. The lowest BCUT2D eigenvalue weighted by molar-refractivity contribution is -0.139. The van der Waals surface area contributed by atoms with Gasteiger partial charge in [0.25, 0.3) is 0 Å². The third-order valence-electron chi connectivity index (χ3n) is 11.5. The molecule has 0 bridgehead atoms. The van der Waals surface area contributed by atoms with Gasteiger partial charge in [-0.25, -0.2) is 9.59 Å². The Hall–Kier alpha value is -4.20. The van der Waals surface area contributed by atoms with Gasteiger partial charge >= 0.3 is 11.9 Å². The number of unbranched alkanes of at least 4 members (excludes halogenated alkanes) is 2. The number of aryl methyl sites for hydroxylation is 3. The summed E-state index contributed by atoms with van der Waals surface area (Å²) in [6.45, 7) is 15.7. The lowest BCUT2D eigenvalue weighted by atomic mass is 9.77. The lowest BCUT2D eigenvalue weighted by Gasteiger charge is -2.29. The van der Waals surface area contributed by atoms with Crippen LogP contribution >= 0.6 is 0 Å². The minimum Gasteiger partial charge on any atom is -0.493 e. The first-order valence-corrected chi connectivity index (χ1v) is 21.5. The second-order valence-corrected chi connectivity index (χ2v) is 16.1. The summed E-state index contributed by atoms with van der Waals surface area (Å²) in [6, 6.07) is 20.4. The van der Waals surface area contributed by atoms with E-state index in [1.807, 2.05) is 0 Å². The topological polar surface area (TPSA) is 102 Å². The van der Waals surface area contributed by atoms with E-state index in [4.69, 9.17) is 14.2 Å². The molecule has 57 heavy (non-hydrogen) atoms. The number of hydrogen-bond donors (Lipinski definition) is 2. The molecule has 0 aliphatic heterocycles. The first-order chi connectivity index (χ1) is 27.6. The molecule has 4 rings (SSSR count). The number of carbonyl (C=O) groups is 2. The largest absolute Gasteiger partial charge is 0.493 e. The molecule has 0 spiro atoms. The van der Waals surface area contributed by atoms with Crippen molar-refractivity contribution >= 4 is 11.9 Å². The molecule has 0 amide bonds. The average Bonchev–Trinajstić information content (AvgIpc) is 3.23. The fourth-order valence-corrected chi connectivity index (χ4v) is 7.90. The highest BCUT2D eigenvalue weighted by Gasteiger charge is 2.23. The van der Waals surface area contributed by atoms with Gasteiger partial charge in [0.1, 0.15) is 5.75 Å². The zero-order valence-corrected chi connectivity index (χ0v) is 35.2. The van der Waals surface area contributed by atoms with Gasteiger partial charge in [0.2, 0.25) is 0 Å². The Kier molecular flexibility index (Phi) is 19.1. The summed E-state index contributed by atoms with van der Waals surface area (Å²) in [5.74, 6) is 1.21. The van der Waals surface area contributed by atoms with Crippen LogP contribution in [-0.2, 0) is 38.3 Å². The molecule has 7 heteroatoms. The van der Waals surface area contributed by atoms with Crippen LogP contribution in [0.3, 0.4) is 0 Å². The average molecular weight is 781 g/mol. The zero-order valence-electron chi connectivity index (χ0n) is 35.2. The molecule has 0 saturated heterocycles. The van der Waals surface area contributed by atoms with Crippen LogP contribution < -0.4 is 4.74 Å². The molecule has 1 aliphatic carbocycles. The van der Waals surface area contributed by atoms with Gasteiger partial charge in [-0.2, -0.15) is 0 Å². The van der Waals surface area contributed by atoms with Gasteiger partial charge in [0.15, 0.2) is 0 Å². The molecule has 3 aromatic rings. The van der Waals surface area contributed by atoms with Gasteiger partial charge in [-0.05, 0) is 147 Å². The van der Waals surface area contributed by atoms with E-state index >= 15 is 0 Å². The standard InChI is InChI=1S/C50H68O7/c1-7-9-10-13-37-16-18-40(19-17-37)41-20-22-42(23-21-41)47-25-24-43(30-39(47)8-2)46-31-44(14-11-27-56-49(53)35(3)4)48(55-29-26-38(33-51)34-52)45(32-46)15-12-28-57-50(54)36(5)6/h20-25,30-32,37-38,40,51-52H,3,5,7-19,26-29,33-34H2,1-2,4,6H3. The van der Waals surface area contributed by atoms with Gasteiger partial charge in [-0.1, -0.05) is 95.2 Å². The van der Waals surface area contributed by atoms with Crippen molar-refractivity contribution in [3.05, 3.63) is 101 Å². The number of carbonyl (C=O) groups excluding carboxylic acids is 2. The van der Waals surface area contributed by atoms with Crippen LogP contribution in [0.25, 0.3) is 22.3 Å². The van der Waals surface area contributed by atoms with Crippen LogP contribution in [0.4, 0.5) is 0 Å². The van der Waals surface area contributed by atoms with Crippen molar-refractivity contribution < 1.29 is 34.0 Å². The minimum atomic E-state index is -0.411. The van der Waals surface area contributed by atoms with Crippen molar-refractivity contribution in [2.45, 2.75) is 124 Å². The Morgan fingerprint density at radius 1 is 0.702 bits per heavy atom. The summed E-state index contributed by atoms with van der Waals surface area (Å²) >= 11 is 0. The summed E-state index contributed by atoms with van der Waals surface area (Å²) in [7, 11) is 0. The van der Waals surface area contributed by atoms with E-state index in [1.54, 1.807) is 13.8 Å². The molecule has 0 heterocycles. The van der Waals surface area contributed by atoms with E-state index in [0.29, 0.717) is 55.8 Å². The van der Waals surface area contributed by atoms with Gasteiger partial charge in [-0.15, -0.1) is 0 Å². The molecule has 1 fully saturated rings. The summed E-state index contributed by atoms with van der Waals surface area (Å²) in [6.07, 6.45) is 14.5. The Morgan fingerprint density at radius 3 is 1.79 bits per heavy atom. The van der Waals surface area contributed by atoms with Crippen molar-refractivity contribution in [1.82, 2.24) is 0 Å².